The highest BCUT2D eigenvalue weighted by Crippen LogP contribution is 2.26. The van der Waals surface area contributed by atoms with E-state index in [4.69, 9.17) is 4.74 Å². The van der Waals surface area contributed by atoms with Gasteiger partial charge in [0.05, 0.1) is 4.92 Å². The van der Waals surface area contributed by atoms with Crippen LogP contribution < -0.4 is 4.74 Å². The Balaban J connectivity index is 1.52. The number of hydrogen-bond donors (Lipinski definition) is 0. The number of rotatable bonds is 6. The maximum atomic E-state index is 12.5. The van der Waals surface area contributed by atoms with E-state index < -0.39 is 4.92 Å². The smallest absolute Gasteiger partial charge is 0.310 e. The van der Waals surface area contributed by atoms with Crippen molar-refractivity contribution in [3.8, 4) is 5.75 Å². The van der Waals surface area contributed by atoms with Crippen LogP contribution in [0.1, 0.15) is 23.2 Å². The Morgan fingerprint density at radius 1 is 1.04 bits per heavy atom. The first-order valence-corrected chi connectivity index (χ1v) is 8.79. The number of benzene rings is 2. The summed E-state index contributed by atoms with van der Waals surface area (Å²) < 4.78 is 5.36. The van der Waals surface area contributed by atoms with Gasteiger partial charge in [0.1, 0.15) is 0 Å². The summed E-state index contributed by atoms with van der Waals surface area (Å²) in [5.74, 6) is -0.143. The van der Waals surface area contributed by atoms with Crippen molar-refractivity contribution >= 4 is 17.4 Å². The fourth-order valence-electron chi connectivity index (χ4n) is 3.19. The first kappa shape index (κ1) is 18.6. The quantitative estimate of drug-likeness (QED) is 0.444. The maximum absolute atomic E-state index is 12.5. The van der Waals surface area contributed by atoms with Crippen LogP contribution in [0.15, 0.2) is 54.6 Å². The van der Waals surface area contributed by atoms with E-state index in [-0.39, 0.29) is 35.7 Å². The minimum Gasteiger partial charge on any atom is -0.477 e. The molecule has 27 heavy (non-hydrogen) atoms. The molecule has 0 aromatic heterocycles. The number of nitro benzene ring substituents is 1. The highest BCUT2D eigenvalue weighted by molar-refractivity contribution is 5.98. The lowest BCUT2D eigenvalue weighted by atomic mass is 9.89. The molecule has 1 saturated heterocycles. The Labute approximate surface area is 156 Å². The minimum absolute atomic E-state index is 0.0741. The molecule has 7 heteroatoms. The van der Waals surface area contributed by atoms with Crippen LogP contribution in [0.4, 0.5) is 5.69 Å². The van der Waals surface area contributed by atoms with E-state index in [1.165, 1.54) is 12.1 Å². The number of ether oxygens (including phenoxy) is 1. The van der Waals surface area contributed by atoms with Gasteiger partial charge in [-0.15, -0.1) is 0 Å². The van der Waals surface area contributed by atoms with E-state index in [2.05, 4.69) is 0 Å². The molecule has 0 unspecified atom stereocenters. The minimum atomic E-state index is -0.541. The summed E-state index contributed by atoms with van der Waals surface area (Å²) in [6, 6.07) is 15.1. The van der Waals surface area contributed by atoms with Crippen molar-refractivity contribution in [3.63, 3.8) is 0 Å². The number of para-hydroxylation sites is 2. The highest BCUT2D eigenvalue weighted by Gasteiger charge is 2.28. The summed E-state index contributed by atoms with van der Waals surface area (Å²) in [5.41, 5.74) is 0.527. The molecule has 0 saturated carbocycles. The summed E-state index contributed by atoms with van der Waals surface area (Å²) >= 11 is 0. The summed E-state index contributed by atoms with van der Waals surface area (Å²) in [5, 5.41) is 11.0. The summed E-state index contributed by atoms with van der Waals surface area (Å²) in [4.78, 5) is 36.9. The van der Waals surface area contributed by atoms with E-state index in [1.54, 1.807) is 29.2 Å². The van der Waals surface area contributed by atoms with Crippen LogP contribution in [0.3, 0.4) is 0 Å². The molecule has 7 nitrogen and oxygen atoms in total. The third-order valence-corrected chi connectivity index (χ3v) is 4.69. The second kappa shape index (κ2) is 8.44. The predicted octanol–water partition coefficient (Wildman–Crippen LogP) is 3.10. The zero-order valence-corrected chi connectivity index (χ0v) is 14.7. The average Bonchev–Trinajstić information content (AvgIpc) is 2.72. The Kier molecular flexibility index (Phi) is 5.80. The molecule has 1 aliphatic rings. The molecule has 0 N–H and O–H groups in total. The van der Waals surface area contributed by atoms with Gasteiger partial charge in [-0.3, -0.25) is 19.7 Å². The van der Waals surface area contributed by atoms with Crippen LogP contribution in [0.2, 0.25) is 0 Å². The van der Waals surface area contributed by atoms with Gasteiger partial charge in [-0.1, -0.05) is 42.5 Å². The Morgan fingerprint density at radius 2 is 1.67 bits per heavy atom. The normalized spacial score (nSPS) is 14.6. The molecule has 0 spiro atoms. The first-order valence-electron chi connectivity index (χ1n) is 8.79. The van der Waals surface area contributed by atoms with Crippen LogP contribution in [-0.2, 0) is 4.79 Å². The van der Waals surface area contributed by atoms with Crippen molar-refractivity contribution in [3.05, 3.63) is 70.3 Å². The third kappa shape index (κ3) is 4.49. The number of carbonyl (C=O) groups excluding carboxylic acids is 2. The lowest BCUT2D eigenvalue weighted by Crippen LogP contribution is -2.42. The van der Waals surface area contributed by atoms with E-state index >= 15 is 0 Å². The summed E-state index contributed by atoms with van der Waals surface area (Å²) in [6.45, 7) is 0.687. The Hall–Kier alpha value is -3.22. The fraction of sp³-hybridized carbons (Fsp3) is 0.300. The number of likely N-dealkylation sites (tertiary alicyclic amines) is 1. The SMILES string of the molecule is O=C(c1ccccc1)C1CCN(C(=O)COc2ccccc2[N+](=O)[O-])CC1. The number of nitro groups is 1. The maximum Gasteiger partial charge on any atom is 0.310 e. The standard InChI is InChI=1S/C20H20N2O5/c23-19(14-27-18-9-5-4-8-17(18)22(25)26)21-12-10-16(11-13-21)20(24)15-6-2-1-3-7-15/h1-9,16H,10-14H2. The number of carbonyl (C=O) groups is 2. The number of ketones is 1. The van der Waals surface area contributed by atoms with Crippen molar-refractivity contribution < 1.29 is 19.2 Å². The van der Waals surface area contributed by atoms with Gasteiger partial charge in [0.2, 0.25) is 0 Å². The van der Waals surface area contributed by atoms with Gasteiger partial charge in [-0.2, -0.15) is 0 Å². The zero-order chi connectivity index (χ0) is 19.2. The van der Waals surface area contributed by atoms with Crippen molar-refractivity contribution in [2.45, 2.75) is 12.8 Å². The molecule has 2 aromatic carbocycles. The van der Waals surface area contributed by atoms with Crippen molar-refractivity contribution in [2.24, 2.45) is 5.92 Å². The molecule has 0 atom stereocenters. The number of amides is 1. The van der Waals surface area contributed by atoms with E-state index in [1.807, 2.05) is 18.2 Å². The molecular weight excluding hydrogens is 348 g/mol. The zero-order valence-electron chi connectivity index (χ0n) is 14.7. The molecular formula is C20H20N2O5. The monoisotopic (exact) mass is 368 g/mol. The molecule has 0 aliphatic carbocycles. The third-order valence-electron chi connectivity index (χ3n) is 4.69. The Morgan fingerprint density at radius 3 is 2.33 bits per heavy atom. The predicted molar refractivity (Wildman–Crippen MR) is 98.7 cm³/mol. The largest absolute Gasteiger partial charge is 0.477 e. The van der Waals surface area contributed by atoms with Crippen LogP contribution in [0.25, 0.3) is 0 Å². The van der Waals surface area contributed by atoms with Gasteiger partial charge in [-0.05, 0) is 18.9 Å². The van der Waals surface area contributed by atoms with Crippen molar-refractivity contribution in [2.75, 3.05) is 19.7 Å². The van der Waals surface area contributed by atoms with Gasteiger partial charge < -0.3 is 9.64 Å². The summed E-state index contributed by atoms with van der Waals surface area (Å²) in [7, 11) is 0. The number of nitrogens with zero attached hydrogens (tertiary/aromatic N) is 2. The van der Waals surface area contributed by atoms with Gasteiger partial charge >= 0.3 is 5.69 Å². The second-order valence-corrected chi connectivity index (χ2v) is 6.40. The Bertz CT molecular complexity index is 829. The first-order chi connectivity index (χ1) is 13.1. The molecule has 1 amide bonds. The molecule has 1 aliphatic heterocycles. The van der Waals surface area contributed by atoms with Crippen LogP contribution in [-0.4, -0.2) is 41.2 Å². The summed E-state index contributed by atoms with van der Waals surface area (Å²) in [6.07, 6.45) is 1.20. The average molecular weight is 368 g/mol. The second-order valence-electron chi connectivity index (χ2n) is 6.40. The van der Waals surface area contributed by atoms with Crippen molar-refractivity contribution in [1.82, 2.24) is 4.90 Å². The van der Waals surface area contributed by atoms with Crippen LogP contribution >= 0.6 is 0 Å². The van der Waals surface area contributed by atoms with Crippen molar-refractivity contribution in [1.29, 1.82) is 0 Å². The van der Waals surface area contributed by atoms with Gasteiger partial charge in [0.25, 0.3) is 5.91 Å². The number of piperidine rings is 1. The topological polar surface area (TPSA) is 89.8 Å². The van der Waals surface area contributed by atoms with E-state index in [9.17, 15) is 19.7 Å². The molecule has 140 valence electrons. The highest BCUT2D eigenvalue weighted by atomic mass is 16.6. The van der Waals surface area contributed by atoms with Gasteiger partial charge in [0.15, 0.2) is 18.1 Å². The molecule has 3 rings (SSSR count). The van der Waals surface area contributed by atoms with Crippen LogP contribution in [0, 0.1) is 16.0 Å². The molecule has 2 aromatic rings. The number of Topliss-reactive ketones (excluding diaryl/α,β-unsaturated/α-hetero) is 1. The van der Waals surface area contributed by atoms with E-state index in [0.29, 0.717) is 31.5 Å². The van der Waals surface area contributed by atoms with Crippen LogP contribution in [0.5, 0.6) is 5.75 Å². The number of hydrogen-bond acceptors (Lipinski definition) is 5. The van der Waals surface area contributed by atoms with Gasteiger partial charge in [0, 0.05) is 30.6 Å². The van der Waals surface area contributed by atoms with Gasteiger partial charge in [-0.25, -0.2) is 0 Å². The molecule has 0 bridgehead atoms. The van der Waals surface area contributed by atoms with E-state index in [0.717, 1.165) is 0 Å². The molecule has 0 radical (unpaired) electrons. The lowest BCUT2D eigenvalue weighted by molar-refractivity contribution is -0.385. The fourth-order valence-corrected chi connectivity index (χ4v) is 3.19. The lowest BCUT2D eigenvalue weighted by Gasteiger charge is -2.31. The molecule has 1 fully saturated rings. The molecule has 1 heterocycles.